The predicted octanol–water partition coefficient (Wildman–Crippen LogP) is 1.97. The van der Waals surface area contributed by atoms with Gasteiger partial charge in [-0.1, -0.05) is 37.3 Å². The van der Waals surface area contributed by atoms with Crippen molar-refractivity contribution in [1.29, 1.82) is 0 Å². The van der Waals surface area contributed by atoms with E-state index in [1.165, 1.54) is 12.8 Å². The van der Waals surface area contributed by atoms with Gasteiger partial charge in [-0.05, 0) is 37.1 Å². The third kappa shape index (κ3) is 3.10. The lowest BCUT2D eigenvalue weighted by molar-refractivity contribution is 0.116. The van der Waals surface area contributed by atoms with Crippen LogP contribution in [0.2, 0.25) is 0 Å². The topological polar surface area (TPSA) is 29.5 Å². The quantitative estimate of drug-likeness (QED) is 0.786. The summed E-state index contributed by atoms with van der Waals surface area (Å²) in [5.41, 5.74) is 0.848. The number of rotatable bonds is 3. The Morgan fingerprint density at radius 3 is 2.38 bits per heavy atom. The van der Waals surface area contributed by atoms with Crippen molar-refractivity contribution in [2.45, 2.75) is 38.7 Å². The molecule has 1 aromatic carbocycles. The Hall–Kier alpha value is -0.795. The van der Waals surface area contributed by atoms with E-state index in [4.69, 9.17) is 4.65 Å². The largest absolute Gasteiger partial charge is 0.491 e. The molecule has 1 saturated carbocycles. The van der Waals surface area contributed by atoms with Crippen LogP contribution in [0.5, 0.6) is 0 Å². The van der Waals surface area contributed by atoms with Gasteiger partial charge in [0.25, 0.3) is 0 Å². The maximum absolute atomic E-state index is 9.92. The molecule has 1 aliphatic carbocycles. The van der Waals surface area contributed by atoms with E-state index in [0.717, 1.165) is 24.2 Å². The Bertz CT molecular complexity index is 307. The molecule has 1 aromatic rings. The summed E-state index contributed by atoms with van der Waals surface area (Å²) in [5.74, 6) is 0.814. The molecule has 3 heteroatoms. The average molecular weight is 218 g/mol. The lowest BCUT2D eigenvalue weighted by Gasteiger charge is -2.27. The molecule has 1 N–H and O–H groups in total. The molecule has 0 aliphatic heterocycles. The Morgan fingerprint density at radius 2 is 1.75 bits per heavy atom. The first-order chi connectivity index (χ1) is 7.75. The molecule has 0 bridgehead atoms. The molecule has 0 aromatic heterocycles. The van der Waals surface area contributed by atoms with E-state index in [2.05, 4.69) is 6.92 Å². The second-order valence-corrected chi connectivity index (χ2v) is 4.78. The van der Waals surface area contributed by atoms with Gasteiger partial charge in [0.1, 0.15) is 0 Å². The van der Waals surface area contributed by atoms with E-state index in [-0.39, 0.29) is 6.10 Å². The van der Waals surface area contributed by atoms with Crippen LogP contribution in [0.25, 0.3) is 0 Å². The van der Waals surface area contributed by atoms with Gasteiger partial charge in [0.2, 0.25) is 0 Å². The average Bonchev–Trinajstić information content (AvgIpc) is 2.33. The molecule has 16 heavy (non-hydrogen) atoms. The zero-order valence-corrected chi connectivity index (χ0v) is 9.80. The molecule has 0 spiro atoms. The van der Waals surface area contributed by atoms with Gasteiger partial charge in [-0.25, -0.2) is 0 Å². The Morgan fingerprint density at radius 1 is 1.12 bits per heavy atom. The fourth-order valence-electron chi connectivity index (χ4n) is 2.24. The van der Waals surface area contributed by atoms with E-state index in [1.807, 2.05) is 30.3 Å². The van der Waals surface area contributed by atoms with Gasteiger partial charge in [0, 0.05) is 6.10 Å². The van der Waals surface area contributed by atoms with Crippen LogP contribution in [0.1, 0.15) is 32.6 Å². The lowest BCUT2D eigenvalue weighted by atomic mass is 9.78. The predicted molar refractivity (Wildman–Crippen MR) is 66.6 cm³/mol. The van der Waals surface area contributed by atoms with Crippen LogP contribution in [-0.4, -0.2) is 18.2 Å². The molecule has 0 heterocycles. The molecule has 2 rings (SSSR count). The SMILES string of the molecule is CC1CCC(OB(O)c2ccccc2)CC1. The van der Waals surface area contributed by atoms with Crippen LogP contribution in [0.15, 0.2) is 30.3 Å². The summed E-state index contributed by atoms with van der Waals surface area (Å²) in [6.07, 6.45) is 4.81. The van der Waals surface area contributed by atoms with Crippen molar-refractivity contribution < 1.29 is 9.68 Å². The minimum Gasteiger partial charge on any atom is -0.423 e. The summed E-state index contributed by atoms with van der Waals surface area (Å²) in [5, 5.41) is 9.92. The second-order valence-electron chi connectivity index (χ2n) is 4.78. The molecule has 0 atom stereocenters. The molecule has 1 aliphatic rings. The van der Waals surface area contributed by atoms with Crippen molar-refractivity contribution in [2.75, 3.05) is 0 Å². The van der Waals surface area contributed by atoms with E-state index >= 15 is 0 Å². The Kier molecular flexibility index (Phi) is 4.02. The van der Waals surface area contributed by atoms with Gasteiger partial charge in [-0.3, -0.25) is 0 Å². The number of hydrogen-bond donors (Lipinski definition) is 1. The van der Waals surface area contributed by atoms with E-state index in [1.54, 1.807) is 0 Å². The van der Waals surface area contributed by atoms with Gasteiger partial charge in [-0.15, -0.1) is 0 Å². The molecule has 86 valence electrons. The third-order valence-corrected chi connectivity index (χ3v) is 3.37. The normalized spacial score (nSPS) is 25.4. The van der Waals surface area contributed by atoms with Gasteiger partial charge < -0.3 is 9.68 Å². The summed E-state index contributed by atoms with van der Waals surface area (Å²) in [6, 6.07) is 9.58. The summed E-state index contributed by atoms with van der Waals surface area (Å²) < 4.78 is 5.68. The molecule has 2 nitrogen and oxygen atoms in total. The Balaban J connectivity index is 1.86. The molecular weight excluding hydrogens is 199 g/mol. The van der Waals surface area contributed by atoms with Crippen molar-refractivity contribution >= 4 is 12.6 Å². The fourth-order valence-corrected chi connectivity index (χ4v) is 2.24. The highest BCUT2D eigenvalue weighted by atomic mass is 16.5. The summed E-state index contributed by atoms with van der Waals surface area (Å²) in [7, 11) is -0.764. The second kappa shape index (κ2) is 5.51. The van der Waals surface area contributed by atoms with Crippen LogP contribution in [0.3, 0.4) is 0 Å². The number of benzene rings is 1. The van der Waals surface area contributed by atoms with Gasteiger partial charge in [0.15, 0.2) is 0 Å². The summed E-state index contributed by atoms with van der Waals surface area (Å²) in [4.78, 5) is 0. The van der Waals surface area contributed by atoms with E-state index in [9.17, 15) is 5.02 Å². The van der Waals surface area contributed by atoms with Crippen LogP contribution in [0, 0.1) is 5.92 Å². The van der Waals surface area contributed by atoms with Crippen LogP contribution in [-0.2, 0) is 4.65 Å². The molecule has 1 fully saturated rings. The van der Waals surface area contributed by atoms with Gasteiger partial charge in [-0.2, -0.15) is 0 Å². The van der Waals surface area contributed by atoms with Crippen LogP contribution < -0.4 is 5.46 Å². The summed E-state index contributed by atoms with van der Waals surface area (Å²) >= 11 is 0. The molecule has 0 unspecified atom stereocenters. The molecule has 0 saturated heterocycles. The van der Waals surface area contributed by atoms with Crippen molar-refractivity contribution in [2.24, 2.45) is 5.92 Å². The van der Waals surface area contributed by atoms with Crippen molar-refractivity contribution in [3.8, 4) is 0 Å². The molecule has 0 amide bonds. The fraction of sp³-hybridized carbons (Fsp3) is 0.538. The van der Waals surface area contributed by atoms with Gasteiger partial charge >= 0.3 is 7.12 Å². The first-order valence-electron chi connectivity index (χ1n) is 6.14. The minimum absolute atomic E-state index is 0.228. The lowest BCUT2D eigenvalue weighted by Crippen LogP contribution is -2.38. The maximum atomic E-state index is 9.92. The molecule has 0 radical (unpaired) electrons. The van der Waals surface area contributed by atoms with Crippen molar-refractivity contribution in [1.82, 2.24) is 0 Å². The zero-order chi connectivity index (χ0) is 11.4. The smallest absolute Gasteiger partial charge is 0.423 e. The van der Waals surface area contributed by atoms with Crippen LogP contribution >= 0.6 is 0 Å². The minimum atomic E-state index is -0.764. The number of hydrogen-bond acceptors (Lipinski definition) is 2. The van der Waals surface area contributed by atoms with Gasteiger partial charge in [0.05, 0.1) is 0 Å². The van der Waals surface area contributed by atoms with E-state index in [0.29, 0.717) is 0 Å². The van der Waals surface area contributed by atoms with E-state index < -0.39 is 7.12 Å². The zero-order valence-electron chi connectivity index (χ0n) is 9.80. The monoisotopic (exact) mass is 218 g/mol. The highest BCUT2D eigenvalue weighted by molar-refractivity contribution is 6.59. The third-order valence-electron chi connectivity index (χ3n) is 3.37. The Labute approximate surface area is 97.8 Å². The maximum Gasteiger partial charge on any atom is 0.491 e. The van der Waals surface area contributed by atoms with Crippen LogP contribution in [0.4, 0.5) is 0 Å². The highest BCUT2D eigenvalue weighted by Crippen LogP contribution is 2.25. The van der Waals surface area contributed by atoms with Crippen molar-refractivity contribution in [3.05, 3.63) is 30.3 Å². The summed E-state index contributed by atoms with van der Waals surface area (Å²) in [6.45, 7) is 2.28. The first kappa shape index (κ1) is 11.7. The first-order valence-corrected chi connectivity index (χ1v) is 6.14. The highest BCUT2D eigenvalue weighted by Gasteiger charge is 2.24. The molecular formula is C13H19BO2. The standard InChI is InChI=1S/C13H19BO2/c1-11-7-9-13(10-8-11)16-14(15)12-5-3-2-4-6-12/h2-6,11,13,15H,7-10H2,1H3. The van der Waals surface area contributed by atoms with Crippen molar-refractivity contribution in [3.63, 3.8) is 0 Å².